The van der Waals surface area contributed by atoms with Crippen LogP contribution >= 0.6 is 11.3 Å². The molecule has 17 heavy (non-hydrogen) atoms. The Morgan fingerprint density at radius 1 is 1.18 bits per heavy atom. The second-order valence-corrected chi connectivity index (χ2v) is 5.13. The third-order valence-corrected chi connectivity index (χ3v) is 3.49. The number of rotatable bonds is 1. The number of para-hydroxylation sites is 1. The van der Waals surface area contributed by atoms with E-state index < -0.39 is 10.2 Å². The maximum absolute atomic E-state index is 8.49. The molecule has 2 rings (SSSR count). The van der Waals surface area contributed by atoms with Crippen LogP contribution in [0.25, 0.3) is 10.2 Å². The van der Waals surface area contributed by atoms with E-state index in [-0.39, 0.29) is 0 Å². The number of nitrogens with zero attached hydrogens (tertiary/aromatic N) is 1. The van der Waals surface area contributed by atoms with Gasteiger partial charge < -0.3 is 0 Å². The van der Waals surface area contributed by atoms with Crippen LogP contribution in [0.4, 0.5) is 0 Å². The number of benzene rings is 1. The van der Waals surface area contributed by atoms with Crippen molar-refractivity contribution in [3.8, 4) is 0 Å². The molecule has 0 fully saturated rings. The molecule has 0 saturated heterocycles. The standard InChI is InChI=1S/C10H12NS.ClHO4/c1-3-10-11(2)8-6-4-5-7-9(8)12-10;2-1(3,4)5/h4-7H,3H2,1-2H3;(H,2,3,4,5)/q+1;/p-1. The molecule has 0 aliphatic heterocycles. The maximum Gasteiger partial charge on any atom is 0.237 e. The first-order valence-electron chi connectivity index (χ1n) is 4.81. The largest absolute Gasteiger partial charge is 0.237 e. The number of fused-ring (bicyclic) bond motifs is 1. The highest BCUT2D eigenvalue weighted by atomic mass is 35.7. The lowest BCUT2D eigenvalue weighted by molar-refractivity contribution is -2.00. The average Bonchev–Trinajstić information content (AvgIpc) is 2.54. The summed E-state index contributed by atoms with van der Waals surface area (Å²) in [6.07, 6.45) is 1.12. The van der Waals surface area contributed by atoms with E-state index in [4.69, 9.17) is 18.6 Å². The Labute approximate surface area is 105 Å². The smallest absolute Gasteiger partial charge is 0.222 e. The zero-order valence-electron chi connectivity index (χ0n) is 9.38. The molecule has 0 saturated carbocycles. The van der Waals surface area contributed by atoms with Gasteiger partial charge in [0.05, 0.1) is 0 Å². The van der Waals surface area contributed by atoms with Gasteiger partial charge in [-0.1, -0.05) is 30.4 Å². The van der Waals surface area contributed by atoms with Gasteiger partial charge in [-0.2, -0.15) is 4.57 Å². The van der Waals surface area contributed by atoms with E-state index in [0.29, 0.717) is 0 Å². The molecule has 0 radical (unpaired) electrons. The van der Waals surface area contributed by atoms with Gasteiger partial charge in [0, 0.05) is 12.5 Å². The van der Waals surface area contributed by atoms with Crippen LogP contribution in [0.3, 0.4) is 0 Å². The lowest BCUT2D eigenvalue weighted by Gasteiger charge is -2.17. The fourth-order valence-corrected chi connectivity index (χ4v) is 2.55. The van der Waals surface area contributed by atoms with Crippen LogP contribution in [0, 0.1) is 10.2 Å². The van der Waals surface area contributed by atoms with Crippen LogP contribution in [0.15, 0.2) is 24.3 Å². The molecule has 94 valence electrons. The Morgan fingerprint density at radius 3 is 2.18 bits per heavy atom. The topological polar surface area (TPSA) is 96.1 Å². The van der Waals surface area contributed by atoms with Gasteiger partial charge in [0.2, 0.25) is 10.5 Å². The Hall–Kier alpha value is -0.760. The maximum atomic E-state index is 8.49. The predicted octanol–water partition coefficient (Wildman–Crippen LogP) is -2.47. The summed E-state index contributed by atoms with van der Waals surface area (Å²) < 4.78 is 37.6. The second kappa shape index (κ2) is 5.72. The SMILES string of the molecule is CCc1sc2ccccc2[n+]1C.[O-][Cl+3]([O-])([O-])[O-]. The van der Waals surface area contributed by atoms with Crippen molar-refractivity contribution in [1.29, 1.82) is 0 Å². The monoisotopic (exact) mass is 277 g/mol. The molecule has 0 unspecified atom stereocenters. The molecule has 2 aromatic rings. The molecule has 1 aromatic heterocycles. The molecule has 0 spiro atoms. The van der Waals surface area contributed by atoms with Crippen molar-refractivity contribution in [3.63, 3.8) is 0 Å². The van der Waals surface area contributed by atoms with Crippen molar-refractivity contribution in [1.82, 2.24) is 0 Å². The highest BCUT2D eigenvalue weighted by molar-refractivity contribution is 7.18. The lowest BCUT2D eigenvalue weighted by Crippen LogP contribution is -2.68. The van der Waals surface area contributed by atoms with Crippen LogP contribution in [0.2, 0.25) is 0 Å². The van der Waals surface area contributed by atoms with Crippen molar-refractivity contribution in [2.75, 3.05) is 0 Å². The van der Waals surface area contributed by atoms with Gasteiger partial charge in [0.25, 0.3) is 0 Å². The minimum absolute atomic E-state index is 1.12. The number of thiazole rings is 1. The highest BCUT2D eigenvalue weighted by Gasteiger charge is 2.13. The summed E-state index contributed by atoms with van der Waals surface area (Å²) in [5.74, 6) is 0. The molecule has 0 N–H and O–H groups in total. The molecule has 0 aliphatic rings. The summed E-state index contributed by atoms with van der Waals surface area (Å²) in [6, 6.07) is 8.54. The third kappa shape index (κ3) is 4.55. The van der Waals surface area contributed by atoms with Crippen molar-refractivity contribution in [3.05, 3.63) is 29.3 Å². The quantitative estimate of drug-likeness (QED) is 0.540. The van der Waals surface area contributed by atoms with Crippen LogP contribution < -0.4 is 23.2 Å². The van der Waals surface area contributed by atoms with Gasteiger partial charge in [-0.05, 0) is 6.07 Å². The van der Waals surface area contributed by atoms with Gasteiger partial charge in [0.15, 0.2) is 0 Å². The van der Waals surface area contributed by atoms with Gasteiger partial charge in [-0.25, -0.2) is 18.6 Å². The number of halogens is 1. The summed E-state index contributed by atoms with van der Waals surface area (Å²) in [7, 11) is -2.81. The van der Waals surface area contributed by atoms with E-state index in [1.165, 1.54) is 15.2 Å². The first-order valence-corrected chi connectivity index (χ1v) is 6.86. The number of aromatic nitrogens is 1. The van der Waals surface area contributed by atoms with Crippen LogP contribution in [-0.4, -0.2) is 0 Å². The van der Waals surface area contributed by atoms with Crippen LogP contribution in [0.1, 0.15) is 11.9 Å². The number of hydrogen-bond donors (Lipinski definition) is 0. The molecular formula is C10H12ClNO4S. The highest BCUT2D eigenvalue weighted by Crippen LogP contribution is 2.19. The zero-order valence-corrected chi connectivity index (χ0v) is 11.0. The minimum atomic E-state index is -4.94. The van der Waals surface area contributed by atoms with Crippen molar-refractivity contribution >= 4 is 21.6 Å². The molecule has 0 amide bonds. The van der Waals surface area contributed by atoms with Crippen molar-refractivity contribution < 1.29 is 33.4 Å². The summed E-state index contributed by atoms with van der Waals surface area (Å²) in [5.41, 5.74) is 1.35. The Kier molecular flexibility index (Phi) is 4.81. The van der Waals surface area contributed by atoms with Gasteiger partial charge in [-0.3, -0.25) is 0 Å². The van der Waals surface area contributed by atoms with Crippen LogP contribution in [0.5, 0.6) is 0 Å². The Morgan fingerprint density at radius 2 is 1.71 bits per heavy atom. The van der Waals surface area contributed by atoms with E-state index in [1.807, 2.05) is 11.3 Å². The molecule has 0 atom stereocenters. The number of hydrogen-bond acceptors (Lipinski definition) is 5. The average molecular weight is 278 g/mol. The van der Waals surface area contributed by atoms with E-state index in [9.17, 15) is 0 Å². The summed E-state index contributed by atoms with van der Waals surface area (Å²) in [5, 5.41) is 1.44. The molecule has 7 heteroatoms. The summed E-state index contributed by atoms with van der Waals surface area (Å²) in [6.45, 7) is 2.20. The second-order valence-electron chi connectivity index (χ2n) is 3.25. The minimum Gasteiger partial charge on any atom is -0.222 e. The fourth-order valence-electron chi connectivity index (χ4n) is 1.46. The lowest BCUT2D eigenvalue weighted by atomic mass is 10.3. The van der Waals surface area contributed by atoms with Crippen molar-refractivity contribution in [2.24, 2.45) is 7.05 Å². The van der Waals surface area contributed by atoms with Crippen molar-refractivity contribution in [2.45, 2.75) is 13.3 Å². The Balaban J connectivity index is 0.000000249. The molecular weight excluding hydrogens is 266 g/mol. The zero-order chi connectivity index (χ0) is 13.1. The molecule has 5 nitrogen and oxygen atoms in total. The first-order chi connectivity index (χ1) is 7.83. The summed E-state index contributed by atoms with van der Waals surface area (Å²) >= 11 is 1.89. The first kappa shape index (κ1) is 14.3. The van der Waals surface area contributed by atoms with E-state index in [0.717, 1.165) is 6.42 Å². The van der Waals surface area contributed by atoms with E-state index >= 15 is 0 Å². The fraction of sp³-hybridized carbons (Fsp3) is 0.300. The van der Waals surface area contributed by atoms with E-state index in [2.05, 4.69) is 42.8 Å². The normalized spacial score (nSPS) is 11.2. The summed E-state index contributed by atoms with van der Waals surface area (Å²) in [4.78, 5) is 0. The van der Waals surface area contributed by atoms with Crippen LogP contribution in [-0.2, 0) is 13.5 Å². The molecule has 0 bridgehead atoms. The van der Waals surface area contributed by atoms with Gasteiger partial charge in [0.1, 0.15) is 11.7 Å². The predicted molar refractivity (Wildman–Crippen MR) is 52.4 cm³/mol. The number of aryl methyl sites for hydroxylation is 2. The molecule has 1 aromatic carbocycles. The molecule has 0 aliphatic carbocycles. The molecule has 1 heterocycles. The van der Waals surface area contributed by atoms with Gasteiger partial charge in [-0.15, -0.1) is 10.2 Å². The van der Waals surface area contributed by atoms with Gasteiger partial charge >= 0.3 is 0 Å². The third-order valence-electron chi connectivity index (χ3n) is 2.13. The van der Waals surface area contributed by atoms with E-state index in [1.54, 1.807) is 0 Å². The Bertz CT molecular complexity index is 489.